The number of nitrogens with one attached hydrogen (secondary N) is 1. The van der Waals surface area contributed by atoms with E-state index < -0.39 is 11.7 Å². The topological polar surface area (TPSA) is 70.6 Å². The summed E-state index contributed by atoms with van der Waals surface area (Å²) in [7, 11) is 0. The highest BCUT2D eigenvalue weighted by Crippen LogP contribution is 2.43. The van der Waals surface area contributed by atoms with E-state index in [4.69, 9.17) is 4.74 Å². The Balaban J connectivity index is 1.37. The molecular formula is C23H28F3N5O2. The Morgan fingerprint density at radius 2 is 1.79 bits per heavy atom. The number of carbonyl (C=O) groups is 1. The Kier molecular flexibility index (Phi) is 6.13. The molecule has 7 nitrogen and oxygen atoms in total. The molecule has 0 bridgehead atoms. The molecule has 2 atom stereocenters. The number of piperidine rings is 1. The lowest BCUT2D eigenvalue weighted by Gasteiger charge is -2.40. The van der Waals surface area contributed by atoms with Crippen LogP contribution in [-0.4, -0.2) is 72.8 Å². The van der Waals surface area contributed by atoms with Gasteiger partial charge in [-0.25, -0.2) is 0 Å². The molecule has 10 heteroatoms. The Bertz CT molecular complexity index is 1010. The number of ether oxygens (including phenoxy) is 1. The predicted molar refractivity (Wildman–Crippen MR) is 117 cm³/mol. The highest BCUT2D eigenvalue weighted by atomic mass is 19.4. The van der Waals surface area contributed by atoms with E-state index in [1.807, 2.05) is 0 Å². The average molecular weight is 464 g/mol. The summed E-state index contributed by atoms with van der Waals surface area (Å²) in [5, 5.41) is 3.18. The standard InChI is InChI=1S/C23H28F3N5O2/c24-23(25,26)18-3-4-19(22-21(18)27-5-6-28-22)31-12-16(15-1-2-15)11-17(13-31)29-20(32)14-30-7-9-33-10-8-30/h3-6,15-17H,1-2,7-14H2,(H,29,32)/t16-,17+/m0/s1. The number of anilines is 1. The molecule has 1 aromatic carbocycles. The molecule has 0 spiro atoms. The van der Waals surface area contributed by atoms with E-state index in [1.54, 1.807) is 0 Å². The third kappa shape index (κ3) is 5.06. The van der Waals surface area contributed by atoms with Crippen LogP contribution in [0.15, 0.2) is 24.5 Å². The molecule has 33 heavy (non-hydrogen) atoms. The summed E-state index contributed by atoms with van der Waals surface area (Å²) in [5.74, 6) is 0.982. The molecule has 2 aromatic rings. The molecular weight excluding hydrogens is 435 g/mol. The van der Waals surface area contributed by atoms with Crippen molar-refractivity contribution in [3.05, 3.63) is 30.1 Å². The summed E-state index contributed by atoms with van der Waals surface area (Å²) >= 11 is 0. The monoisotopic (exact) mass is 463 g/mol. The molecule has 3 aliphatic rings. The van der Waals surface area contributed by atoms with Crippen molar-refractivity contribution < 1.29 is 22.7 Å². The Labute approximate surface area is 190 Å². The maximum Gasteiger partial charge on any atom is 0.418 e. The van der Waals surface area contributed by atoms with Crippen LogP contribution in [0.2, 0.25) is 0 Å². The number of rotatable bonds is 5. The van der Waals surface area contributed by atoms with Crippen LogP contribution in [0.5, 0.6) is 0 Å². The largest absolute Gasteiger partial charge is 0.418 e. The summed E-state index contributed by atoms with van der Waals surface area (Å²) < 4.78 is 45.9. The van der Waals surface area contributed by atoms with Gasteiger partial charge in [0.15, 0.2) is 0 Å². The number of carbonyl (C=O) groups excluding carboxylic acids is 1. The van der Waals surface area contributed by atoms with Gasteiger partial charge in [0, 0.05) is 44.6 Å². The van der Waals surface area contributed by atoms with Crippen molar-refractivity contribution in [1.82, 2.24) is 20.2 Å². The van der Waals surface area contributed by atoms with E-state index in [9.17, 15) is 18.0 Å². The van der Waals surface area contributed by atoms with Gasteiger partial charge in [-0.1, -0.05) is 0 Å². The van der Waals surface area contributed by atoms with Gasteiger partial charge in [-0.2, -0.15) is 13.2 Å². The minimum absolute atomic E-state index is 0.0182. The fourth-order valence-corrected chi connectivity index (χ4v) is 5.11. The first-order valence-corrected chi connectivity index (χ1v) is 11.5. The van der Waals surface area contributed by atoms with Crippen molar-refractivity contribution in [2.75, 3.05) is 50.8 Å². The molecule has 2 saturated heterocycles. The minimum atomic E-state index is -4.50. The normalized spacial score (nSPS) is 24.8. The molecule has 178 valence electrons. The molecule has 5 rings (SSSR count). The van der Waals surface area contributed by atoms with Gasteiger partial charge >= 0.3 is 6.18 Å². The smallest absolute Gasteiger partial charge is 0.379 e. The van der Waals surface area contributed by atoms with Crippen molar-refractivity contribution >= 4 is 22.6 Å². The predicted octanol–water partition coefficient (Wildman–Crippen LogP) is 2.70. The Morgan fingerprint density at radius 1 is 1.06 bits per heavy atom. The SMILES string of the molecule is O=C(CN1CCOCC1)N[C@@H]1C[C@H](C2CC2)CN(c2ccc(C(F)(F)F)c3nccnc23)C1. The Morgan fingerprint density at radius 3 is 2.48 bits per heavy atom. The van der Waals surface area contributed by atoms with Crippen molar-refractivity contribution in [3.63, 3.8) is 0 Å². The van der Waals surface area contributed by atoms with Gasteiger partial charge < -0.3 is 15.0 Å². The van der Waals surface area contributed by atoms with Gasteiger partial charge in [0.2, 0.25) is 5.91 Å². The molecule has 3 heterocycles. The number of fused-ring (bicyclic) bond motifs is 1. The molecule has 1 amide bonds. The second kappa shape index (κ2) is 9.06. The fraction of sp³-hybridized carbons (Fsp3) is 0.609. The molecule has 3 fully saturated rings. The van der Waals surface area contributed by atoms with Crippen LogP contribution in [-0.2, 0) is 15.7 Å². The zero-order chi connectivity index (χ0) is 23.0. The molecule has 2 aliphatic heterocycles. The second-order valence-electron chi connectivity index (χ2n) is 9.27. The van der Waals surface area contributed by atoms with Crippen molar-refractivity contribution in [1.29, 1.82) is 0 Å². The highest BCUT2D eigenvalue weighted by Gasteiger charge is 2.39. The maximum atomic E-state index is 13.5. The number of benzene rings is 1. The molecule has 1 saturated carbocycles. The molecule has 0 radical (unpaired) electrons. The summed E-state index contributed by atoms with van der Waals surface area (Å²) in [6, 6.07) is 2.53. The lowest BCUT2D eigenvalue weighted by Crippen LogP contribution is -2.53. The number of aromatic nitrogens is 2. The summed E-state index contributed by atoms with van der Waals surface area (Å²) in [5.41, 5.74) is -0.0181. The Hall–Kier alpha value is -2.46. The number of amides is 1. The lowest BCUT2D eigenvalue weighted by atomic mass is 9.89. The molecule has 1 aliphatic carbocycles. The minimum Gasteiger partial charge on any atom is -0.379 e. The van der Waals surface area contributed by atoms with Gasteiger partial charge in [0.25, 0.3) is 0 Å². The van der Waals surface area contributed by atoms with E-state index >= 15 is 0 Å². The van der Waals surface area contributed by atoms with E-state index in [-0.39, 0.29) is 23.0 Å². The first-order chi connectivity index (χ1) is 15.9. The van der Waals surface area contributed by atoms with Crippen LogP contribution in [0.3, 0.4) is 0 Å². The first kappa shape index (κ1) is 22.3. The third-order valence-electron chi connectivity index (χ3n) is 6.86. The number of morpholine rings is 1. The van der Waals surface area contributed by atoms with Gasteiger partial charge in [0.1, 0.15) is 11.0 Å². The highest BCUT2D eigenvalue weighted by molar-refractivity contribution is 5.91. The van der Waals surface area contributed by atoms with Crippen LogP contribution in [0, 0.1) is 11.8 Å². The van der Waals surface area contributed by atoms with Gasteiger partial charge in [-0.15, -0.1) is 0 Å². The van der Waals surface area contributed by atoms with Gasteiger partial charge in [-0.05, 0) is 43.2 Å². The number of hydrogen-bond donors (Lipinski definition) is 1. The van der Waals surface area contributed by atoms with Crippen LogP contribution in [0.25, 0.3) is 11.0 Å². The number of halogens is 3. The van der Waals surface area contributed by atoms with Crippen LogP contribution < -0.4 is 10.2 Å². The zero-order valence-corrected chi connectivity index (χ0v) is 18.4. The first-order valence-electron chi connectivity index (χ1n) is 11.5. The van der Waals surface area contributed by atoms with Crippen molar-refractivity contribution in [2.24, 2.45) is 11.8 Å². The van der Waals surface area contributed by atoms with Crippen molar-refractivity contribution in [3.8, 4) is 0 Å². The third-order valence-corrected chi connectivity index (χ3v) is 6.86. The lowest BCUT2D eigenvalue weighted by molar-refractivity contribution is -0.136. The van der Waals surface area contributed by atoms with E-state index in [1.165, 1.54) is 31.3 Å². The maximum absolute atomic E-state index is 13.5. The molecule has 1 N–H and O–H groups in total. The fourth-order valence-electron chi connectivity index (χ4n) is 5.11. The number of alkyl halides is 3. The second-order valence-corrected chi connectivity index (χ2v) is 9.27. The van der Waals surface area contributed by atoms with Crippen LogP contribution >= 0.6 is 0 Å². The quantitative estimate of drug-likeness (QED) is 0.736. The average Bonchev–Trinajstić information content (AvgIpc) is 3.63. The van der Waals surface area contributed by atoms with Crippen LogP contribution in [0.1, 0.15) is 24.8 Å². The molecule has 0 unspecified atom stereocenters. The van der Waals surface area contributed by atoms with E-state index in [2.05, 4.69) is 25.1 Å². The summed E-state index contributed by atoms with van der Waals surface area (Å²) in [6.45, 7) is 4.37. The van der Waals surface area contributed by atoms with E-state index in [0.717, 1.165) is 32.1 Å². The van der Waals surface area contributed by atoms with Gasteiger partial charge in [-0.3, -0.25) is 19.7 Å². The molecule has 1 aromatic heterocycles. The number of nitrogens with zero attached hydrogens (tertiary/aromatic N) is 4. The zero-order valence-electron chi connectivity index (χ0n) is 18.4. The summed E-state index contributed by atoms with van der Waals surface area (Å²) in [4.78, 5) is 25.2. The van der Waals surface area contributed by atoms with E-state index in [0.29, 0.717) is 43.8 Å². The number of hydrogen-bond acceptors (Lipinski definition) is 6. The van der Waals surface area contributed by atoms with Gasteiger partial charge in [0.05, 0.1) is 31.0 Å². The van der Waals surface area contributed by atoms with Crippen molar-refractivity contribution in [2.45, 2.75) is 31.5 Å². The summed E-state index contributed by atoms with van der Waals surface area (Å²) in [6.07, 6.45) is 1.44. The van der Waals surface area contributed by atoms with Crippen LogP contribution in [0.4, 0.5) is 18.9 Å².